The van der Waals surface area contributed by atoms with Crippen LogP contribution in [0.4, 0.5) is 10.1 Å². The Kier molecular flexibility index (Phi) is 4.69. The van der Waals surface area contributed by atoms with Gasteiger partial charge in [-0.3, -0.25) is 14.9 Å². The third-order valence-corrected chi connectivity index (χ3v) is 4.37. The van der Waals surface area contributed by atoms with E-state index in [1.54, 1.807) is 0 Å². The summed E-state index contributed by atoms with van der Waals surface area (Å²) in [7, 11) is 0. The van der Waals surface area contributed by atoms with Crippen molar-refractivity contribution in [2.75, 3.05) is 0 Å². The molecule has 0 radical (unpaired) electrons. The summed E-state index contributed by atoms with van der Waals surface area (Å²) in [6.45, 7) is 1.62. The fourth-order valence-electron chi connectivity index (χ4n) is 1.73. The minimum absolute atomic E-state index is 0.0632. The zero-order valence-corrected chi connectivity index (χ0v) is 13.3. The number of aryl methyl sites for hydroxylation is 1. The molecule has 0 fully saturated rings. The third kappa shape index (κ3) is 3.64. The first-order chi connectivity index (χ1) is 9.88. The fourth-order valence-corrected chi connectivity index (χ4v) is 3.15. The molecule has 1 amide bonds. The molecular weight excluding hydrogens is 363 g/mol. The van der Waals surface area contributed by atoms with Crippen LogP contribution in [-0.2, 0) is 6.54 Å². The van der Waals surface area contributed by atoms with Gasteiger partial charge in [-0.05, 0) is 40.5 Å². The van der Waals surface area contributed by atoms with Gasteiger partial charge in [0.15, 0.2) is 0 Å². The van der Waals surface area contributed by atoms with E-state index >= 15 is 0 Å². The van der Waals surface area contributed by atoms with Crippen LogP contribution < -0.4 is 5.32 Å². The third-order valence-electron chi connectivity index (χ3n) is 2.75. The Balaban J connectivity index is 2.20. The van der Waals surface area contributed by atoms with Gasteiger partial charge >= 0.3 is 0 Å². The van der Waals surface area contributed by atoms with Crippen molar-refractivity contribution in [3.8, 4) is 0 Å². The van der Waals surface area contributed by atoms with Gasteiger partial charge in [0, 0.05) is 17.0 Å². The first kappa shape index (κ1) is 15.6. The highest BCUT2D eigenvalue weighted by atomic mass is 79.9. The molecular formula is C13H10BrFN2O3S. The van der Waals surface area contributed by atoms with Gasteiger partial charge in [-0.25, -0.2) is 4.39 Å². The van der Waals surface area contributed by atoms with Gasteiger partial charge in [0.1, 0.15) is 5.82 Å². The number of thiophene rings is 1. The number of nitrogens with one attached hydrogen (secondary N) is 1. The summed E-state index contributed by atoms with van der Waals surface area (Å²) in [5, 5.41) is 13.3. The topological polar surface area (TPSA) is 72.2 Å². The van der Waals surface area contributed by atoms with Gasteiger partial charge < -0.3 is 5.32 Å². The van der Waals surface area contributed by atoms with Gasteiger partial charge in [0.05, 0.1) is 20.8 Å². The van der Waals surface area contributed by atoms with Crippen molar-refractivity contribution in [2.24, 2.45) is 0 Å². The Bertz CT molecular complexity index is 717. The number of halogens is 2. The predicted molar refractivity (Wildman–Crippen MR) is 81.0 cm³/mol. The van der Waals surface area contributed by atoms with Crippen LogP contribution in [0.5, 0.6) is 0 Å². The zero-order chi connectivity index (χ0) is 15.6. The van der Waals surface area contributed by atoms with Gasteiger partial charge in [-0.1, -0.05) is 0 Å². The maximum absolute atomic E-state index is 13.9. The molecule has 21 heavy (non-hydrogen) atoms. The summed E-state index contributed by atoms with van der Waals surface area (Å²) < 4.78 is 14.9. The van der Waals surface area contributed by atoms with Crippen LogP contribution in [0.25, 0.3) is 0 Å². The summed E-state index contributed by atoms with van der Waals surface area (Å²) in [6, 6.07) is 5.71. The molecule has 1 heterocycles. The minimum Gasteiger partial charge on any atom is -0.347 e. The number of benzene rings is 1. The Hall–Kier alpha value is -1.80. The van der Waals surface area contributed by atoms with Crippen LogP contribution in [-0.4, -0.2) is 10.8 Å². The van der Waals surface area contributed by atoms with Crippen molar-refractivity contribution in [1.82, 2.24) is 5.32 Å². The van der Waals surface area contributed by atoms with Crippen molar-refractivity contribution in [2.45, 2.75) is 13.5 Å². The molecule has 0 spiro atoms. The van der Waals surface area contributed by atoms with Crippen LogP contribution in [0.1, 0.15) is 20.8 Å². The molecule has 2 aromatic rings. The highest BCUT2D eigenvalue weighted by Gasteiger charge is 2.19. The van der Waals surface area contributed by atoms with Gasteiger partial charge in [0.25, 0.3) is 11.6 Å². The highest BCUT2D eigenvalue weighted by Crippen LogP contribution is 2.23. The number of hydrogen-bond acceptors (Lipinski definition) is 4. The molecule has 0 unspecified atom stereocenters. The Labute approximate surface area is 132 Å². The molecule has 0 saturated carbocycles. The quantitative estimate of drug-likeness (QED) is 0.655. The molecule has 1 aromatic heterocycles. The molecule has 1 aromatic carbocycles. The summed E-state index contributed by atoms with van der Waals surface area (Å²) in [6.07, 6.45) is 0. The van der Waals surface area contributed by atoms with Crippen LogP contribution in [0.15, 0.2) is 28.1 Å². The minimum atomic E-state index is -0.745. The summed E-state index contributed by atoms with van der Waals surface area (Å²) in [5.74, 6) is -1.42. The van der Waals surface area contributed by atoms with E-state index < -0.39 is 16.6 Å². The SMILES string of the molecule is Cc1cc([N+](=O)[O-])cc(C(=O)NCc2ccc(Br)s2)c1F. The molecule has 0 saturated heterocycles. The molecule has 5 nitrogen and oxygen atoms in total. The Morgan fingerprint density at radius 3 is 2.76 bits per heavy atom. The number of nitro benzene ring substituents is 1. The van der Waals surface area contributed by atoms with Crippen LogP contribution in [0, 0.1) is 22.9 Å². The van der Waals surface area contributed by atoms with Crippen molar-refractivity contribution >= 4 is 38.9 Å². The fraction of sp³-hybridized carbons (Fsp3) is 0.154. The lowest BCUT2D eigenvalue weighted by Gasteiger charge is -2.07. The van der Waals surface area contributed by atoms with E-state index in [2.05, 4.69) is 21.2 Å². The Morgan fingerprint density at radius 2 is 2.19 bits per heavy atom. The zero-order valence-electron chi connectivity index (χ0n) is 10.9. The number of carbonyl (C=O) groups is 1. The predicted octanol–water partition coefficient (Wildman–Crippen LogP) is 3.80. The second kappa shape index (κ2) is 6.31. The van der Waals surface area contributed by atoms with Crippen molar-refractivity contribution in [3.05, 3.63) is 60.0 Å². The smallest absolute Gasteiger partial charge is 0.270 e. The first-order valence-electron chi connectivity index (χ1n) is 5.85. The average molecular weight is 373 g/mol. The van der Waals surface area contributed by atoms with E-state index in [4.69, 9.17) is 0 Å². The molecule has 0 bridgehead atoms. The molecule has 1 N–H and O–H groups in total. The van der Waals surface area contributed by atoms with E-state index in [1.807, 2.05) is 12.1 Å². The van der Waals surface area contributed by atoms with E-state index in [1.165, 1.54) is 18.3 Å². The number of rotatable bonds is 4. The number of hydrogen-bond donors (Lipinski definition) is 1. The van der Waals surface area contributed by atoms with Crippen LogP contribution in [0.3, 0.4) is 0 Å². The molecule has 0 aliphatic carbocycles. The average Bonchev–Trinajstić information content (AvgIpc) is 2.84. The van der Waals surface area contributed by atoms with Crippen molar-refractivity contribution in [3.63, 3.8) is 0 Å². The number of nitro groups is 1. The van der Waals surface area contributed by atoms with Gasteiger partial charge in [0.2, 0.25) is 0 Å². The molecule has 0 aliphatic heterocycles. The molecule has 0 aliphatic rings. The largest absolute Gasteiger partial charge is 0.347 e. The number of non-ortho nitro benzene ring substituents is 1. The highest BCUT2D eigenvalue weighted by molar-refractivity contribution is 9.11. The monoisotopic (exact) mass is 372 g/mol. The maximum Gasteiger partial charge on any atom is 0.270 e. The number of carbonyl (C=O) groups excluding carboxylic acids is 1. The lowest BCUT2D eigenvalue weighted by atomic mass is 10.1. The number of amides is 1. The lowest BCUT2D eigenvalue weighted by molar-refractivity contribution is -0.385. The first-order valence-corrected chi connectivity index (χ1v) is 7.46. The number of nitrogens with zero attached hydrogens (tertiary/aromatic N) is 1. The standard InChI is InChI=1S/C13H10BrFN2O3S/c1-7-4-8(17(19)20)5-10(12(7)15)13(18)16-6-9-2-3-11(14)21-9/h2-5H,6H2,1H3,(H,16,18). The molecule has 0 atom stereocenters. The molecule has 8 heteroatoms. The molecule has 2 rings (SSSR count). The normalized spacial score (nSPS) is 10.4. The maximum atomic E-state index is 13.9. The van der Waals surface area contributed by atoms with Crippen molar-refractivity contribution in [1.29, 1.82) is 0 Å². The van der Waals surface area contributed by atoms with Gasteiger partial charge in [-0.15, -0.1) is 11.3 Å². The van der Waals surface area contributed by atoms with E-state index in [9.17, 15) is 19.3 Å². The Morgan fingerprint density at radius 1 is 1.48 bits per heavy atom. The summed E-state index contributed by atoms with van der Waals surface area (Å²) in [5.41, 5.74) is -0.566. The van der Waals surface area contributed by atoms with E-state index in [0.29, 0.717) is 0 Å². The lowest BCUT2D eigenvalue weighted by Crippen LogP contribution is -2.23. The van der Waals surface area contributed by atoms with E-state index in [-0.39, 0.29) is 23.4 Å². The second-order valence-corrected chi connectivity index (χ2v) is 6.82. The second-order valence-electron chi connectivity index (χ2n) is 4.27. The van der Waals surface area contributed by atoms with Gasteiger partial charge in [-0.2, -0.15) is 0 Å². The van der Waals surface area contributed by atoms with E-state index in [0.717, 1.165) is 20.8 Å². The van der Waals surface area contributed by atoms with Crippen LogP contribution >= 0.6 is 27.3 Å². The van der Waals surface area contributed by atoms with Crippen molar-refractivity contribution < 1.29 is 14.1 Å². The summed E-state index contributed by atoms with van der Waals surface area (Å²) in [4.78, 5) is 23.0. The summed E-state index contributed by atoms with van der Waals surface area (Å²) >= 11 is 4.74. The van der Waals surface area contributed by atoms with Crippen LogP contribution in [0.2, 0.25) is 0 Å². The molecule has 110 valence electrons.